The molecule has 0 saturated heterocycles. The highest BCUT2D eigenvalue weighted by Gasteiger charge is 2.31. The topological polar surface area (TPSA) is 103 Å². The van der Waals surface area contributed by atoms with E-state index in [1.54, 1.807) is 6.92 Å². The highest BCUT2D eigenvalue weighted by atomic mass is 35.5. The summed E-state index contributed by atoms with van der Waals surface area (Å²) in [5.41, 5.74) is 1.34. The van der Waals surface area contributed by atoms with Gasteiger partial charge in [0.2, 0.25) is 5.91 Å². The summed E-state index contributed by atoms with van der Waals surface area (Å²) in [7, 11) is 0. The first kappa shape index (κ1) is 21.3. The van der Waals surface area contributed by atoms with Gasteiger partial charge >= 0.3 is 0 Å². The lowest BCUT2D eigenvalue weighted by Crippen LogP contribution is -2.23. The predicted octanol–water partition coefficient (Wildman–Crippen LogP) is 4.88. The number of nitrogens with one attached hydrogen (secondary N) is 1. The number of anilines is 1. The number of benzene rings is 2. The summed E-state index contributed by atoms with van der Waals surface area (Å²) >= 11 is 7.41. The van der Waals surface area contributed by atoms with Crippen LogP contribution in [-0.2, 0) is 11.3 Å². The van der Waals surface area contributed by atoms with Gasteiger partial charge in [-0.15, -0.1) is 10.2 Å². The van der Waals surface area contributed by atoms with E-state index >= 15 is 0 Å². The zero-order valence-corrected chi connectivity index (χ0v) is 18.3. The van der Waals surface area contributed by atoms with E-state index in [2.05, 4.69) is 32.2 Å². The van der Waals surface area contributed by atoms with Gasteiger partial charge in [-0.3, -0.25) is 14.9 Å². The van der Waals surface area contributed by atoms with Crippen molar-refractivity contribution in [2.75, 3.05) is 5.32 Å². The Kier molecular flexibility index (Phi) is 6.24. The Hall–Kier alpha value is -2.91. The van der Waals surface area contributed by atoms with E-state index in [1.165, 1.54) is 30.0 Å². The maximum absolute atomic E-state index is 12.7. The largest absolute Gasteiger partial charge is 0.324 e. The Labute approximate surface area is 188 Å². The lowest BCUT2D eigenvalue weighted by atomic mass is 10.2. The third-order valence-electron chi connectivity index (χ3n) is 4.94. The number of carbonyl (C=O) groups is 1. The molecule has 3 aromatic rings. The third kappa shape index (κ3) is 5.05. The van der Waals surface area contributed by atoms with Crippen molar-refractivity contribution < 1.29 is 9.72 Å². The van der Waals surface area contributed by atoms with Gasteiger partial charge in [-0.2, -0.15) is 0 Å². The summed E-state index contributed by atoms with van der Waals surface area (Å²) in [6.07, 6.45) is 2.21. The van der Waals surface area contributed by atoms with Crippen LogP contribution in [-0.4, -0.2) is 30.8 Å². The van der Waals surface area contributed by atoms with Crippen molar-refractivity contribution in [1.29, 1.82) is 0 Å². The van der Waals surface area contributed by atoms with E-state index < -0.39 is 10.2 Å². The fourth-order valence-electron chi connectivity index (χ4n) is 3.11. The van der Waals surface area contributed by atoms with Crippen LogP contribution >= 0.6 is 23.4 Å². The molecular formula is C21H20ClN5O3S. The van der Waals surface area contributed by atoms with Crippen LogP contribution in [0.2, 0.25) is 5.02 Å². The monoisotopic (exact) mass is 457 g/mol. The summed E-state index contributed by atoms with van der Waals surface area (Å²) in [5.74, 6) is 1.11. The number of hydrogen-bond acceptors (Lipinski definition) is 6. The highest BCUT2D eigenvalue weighted by molar-refractivity contribution is 8.00. The first-order chi connectivity index (χ1) is 14.9. The summed E-state index contributed by atoms with van der Waals surface area (Å²) < 4.78 is 2.08. The van der Waals surface area contributed by atoms with Gasteiger partial charge in [0.1, 0.15) is 5.82 Å². The van der Waals surface area contributed by atoms with Crippen LogP contribution < -0.4 is 5.32 Å². The standard InChI is InChI=1S/C21H20ClN5O3S/c1-13(20(28)23-18-10-9-16(27(29)30)11-17(18)22)31-21-25-24-19(15-7-8-15)26(21)12-14-5-3-2-4-6-14/h2-6,9-11,13,15H,7-8,12H2,1H3,(H,23,28). The molecule has 0 spiro atoms. The van der Waals surface area contributed by atoms with Crippen LogP contribution in [0.5, 0.6) is 0 Å². The SMILES string of the molecule is CC(Sc1nnc(C2CC2)n1Cc1ccccc1)C(=O)Nc1ccc([N+](=O)[O-])cc1Cl. The number of halogens is 1. The van der Waals surface area contributed by atoms with E-state index in [9.17, 15) is 14.9 Å². The van der Waals surface area contributed by atoms with Crippen molar-refractivity contribution in [2.45, 2.75) is 42.6 Å². The van der Waals surface area contributed by atoms with Crippen LogP contribution in [0.15, 0.2) is 53.7 Å². The van der Waals surface area contributed by atoms with Gasteiger partial charge in [0.05, 0.1) is 27.4 Å². The number of rotatable bonds is 8. The predicted molar refractivity (Wildman–Crippen MR) is 120 cm³/mol. The van der Waals surface area contributed by atoms with Gasteiger partial charge in [0, 0.05) is 18.1 Å². The molecule has 1 fully saturated rings. The summed E-state index contributed by atoms with van der Waals surface area (Å²) in [6.45, 7) is 2.42. The molecule has 0 radical (unpaired) electrons. The second-order valence-electron chi connectivity index (χ2n) is 7.36. The van der Waals surface area contributed by atoms with Crippen molar-refractivity contribution in [3.8, 4) is 0 Å². The smallest absolute Gasteiger partial charge is 0.271 e. The Bertz CT molecular complexity index is 1120. The minimum Gasteiger partial charge on any atom is -0.324 e. The Balaban J connectivity index is 1.48. The van der Waals surface area contributed by atoms with E-state index in [0.29, 0.717) is 23.3 Å². The molecule has 1 atom stereocenters. The summed E-state index contributed by atoms with van der Waals surface area (Å²) in [4.78, 5) is 23.1. The van der Waals surface area contributed by atoms with E-state index in [0.717, 1.165) is 24.2 Å². The molecule has 8 nitrogen and oxygen atoms in total. The fourth-order valence-corrected chi connectivity index (χ4v) is 4.19. The van der Waals surface area contributed by atoms with Crippen LogP contribution in [0.4, 0.5) is 11.4 Å². The number of non-ortho nitro benzene ring substituents is 1. The van der Waals surface area contributed by atoms with Crippen LogP contribution in [0.25, 0.3) is 0 Å². The molecule has 160 valence electrons. The van der Waals surface area contributed by atoms with Gasteiger partial charge in [-0.05, 0) is 31.4 Å². The van der Waals surface area contributed by atoms with Gasteiger partial charge in [-0.1, -0.05) is 53.7 Å². The van der Waals surface area contributed by atoms with Crippen molar-refractivity contribution in [3.05, 3.63) is 75.1 Å². The number of carbonyl (C=O) groups excluding carboxylic acids is 1. The number of nitrogens with zero attached hydrogens (tertiary/aromatic N) is 4. The molecule has 1 amide bonds. The van der Waals surface area contributed by atoms with Crippen LogP contribution in [0.3, 0.4) is 0 Å². The number of hydrogen-bond donors (Lipinski definition) is 1. The molecule has 1 aliphatic rings. The van der Waals surface area contributed by atoms with Crippen molar-refractivity contribution in [3.63, 3.8) is 0 Å². The number of amides is 1. The lowest BCUT2D eigenvalue weighted by molar-refractivity contribution is -0.384. The van der Waals surface area contributed by atoms with E-state index in [-0.39, 0.29) is 16.6 Å². The second kappa shape index (κ2) is 9.07. The number of nitro benzene ring substituents is 1. The summed E-state index contributed by atoms with van der Waals surface area (Å²) in [6, 6.07) is 14.0. The molecule has 1 saturated carbocycles. The first-order valence-electron chi connectivity index (χ1n) is 9.81. The Morgan fingerprint density at radius 1 is 1.29 bits per heavy atom. The quantitative estimate of drug-likeness (QED) is 0.293. The molecule has 1 aromatic heterocycles. The summed E-state index contributed by atoms with van der Waals surface area (Å²) in [5, 5.41) is 22.6. The molecule has 0 bridgehead atoms. The van der Waals surface area contributed by atoms with Gasteiger partial charge < -0.3 is 9.88 Å². The maximum atomic E-state index is 12.7. The number of nitro groups is 1. The molecule has 0 aliphatic heterocycles. The minimum absolute atomic E-state index is 0.114. The van der Waals surface area contributed by atoms with E-state index in [4.69, 9.17) is 11.6 Å². The van der Waals surface area contributed by atoms with Crippen LogP contribution in [0, 0.1) is 10.1 Å². The lowest BCUT2D eigenvalue weighted by Gasteiger charge is -2.14. The molecule has 31 heavy (non-hydrogen) atoms. The minimum atomic E-state index is -0.535. The van der Waals surface area contributed by atoms with E-state index in [1.807, 2.05) is 18.2 Å². The Morgan fingerprint density at radius 2 is 2.03 bits per heavy atom. The molecule has 1 unspecified atom stereocenters. The number of aromatic nitrogens is 3. The first-order valence-corrected chi connectivity index (χ1v) is 11.1. The van der Waals surface area contributed by atoms with Crippen molar-refractivity contribution >= 4 is 40.6 Å². The molecule has 1 aliphatic carbocycles. The maximum Gasteiger partial charge on any atom is 0.271 e. The fraction of sp³-hybridized carbons (Fsp3) is 0.286. The average molecular weight is 458 g/mol. The molecule has 1 N–H and O–H groups in total. The van der Waals surface area contributed by atoms with Gasteiger partial charge in [0.15, 0.2) is 5.16 Å². The molecule has 1 heterocycles. The molecule has 2 aromatic carbocycles. The normalized spacial score (nSPS) is 14.3. The Morgan fingerprint density at radius 3 is 2.68 bits per heavy atom. The average Bonchev–Trinajstić information content (AvgIpc) is 3.53. The molecule has 10 heteroatoms. The zero-order valence-electron chi connectivity index (χ0n) is 16.7. The second-order valence-corrected chi connectivity index (χ2v) is 9.07. The van der Waals surface area contributed by atoms with Gasteiger partial charge in [-0.25, -0.2) is 0 Å². The molecular weight excluding hydrogens is 438 g/mol. The van der Waals surface area contributed by atoms with Gasteiger partial charge in [0.25, 0.3) is 5.69 Å². The third-order valence-corrected chi connectivity index (χ3v) is 6.34. The molecule has 4 rings (SSSR count). The van der Waals surface area contributed by atoms with Crippen molar-refractivity contribution in [2.24, 2.45) is 0 Å². The van der Waals surface area contributed by atoms with Crippen molar-refractivity contribution in [1.82, 2.24) is 14.8 Å². The zero-order chi connectivity index (χ0) is 22.0. The highest BCUT2D eigenvalue weighted by Crippen LogP contribution is 2.40. The van der Waals surface area contributed by atoms with Crippen LogP contribution in [0.1, 0.15) is 37.1 Å². The number of thioether (sulfide) groups is 1.